The van der Waals surface area contributed by atoms with Crippen molar-refractivity contribution in [3.8, 4) is 39.6 Å². The molecule has 0 aliphatic rings. The number of aromatic nitrogens is 4. The van der Waals surface area contributed by atoms with Gasteiger partial charge >= 0.3 is 0 Å². The van der Waals surface area contributed by atoms with E-state index in [0.29, 0.717) is 11.8 Å². The van der Waals surface area contributed by atoms with Crippen LogP contribution in [0.2, 0.25) is 0 Å². The Balaban J connectivity index is 1.08. The van der Waals surface area contributed by atoms with Gasteiger partial charge in [-0.1, -0.05) is 133 Å². The number of rotatable bonds is 4. The van der Waals surface area contributed by atoms with Gasteiger partial charge in [-0.25, -0.2) is 9.97 Å². The van der Waals surface area contributed by atoms with Crippen molar-refractivity contribution in [2.24, 2.45) is 0 Å². The third-order valence-corrected chi connectivity index (χ3v) is 10.6. The van der Waals surface area contributed by atoms with Crippen LogP contribution in [0.4, 0.5) is 0 Å². The Morgan fingerprint density at radius 2 is 1.06 bits per heavy atom. The minimum atomic E-state index is 0.609. The van der Waals surface area contributed by atoms with Crippen LogP contribution in [0, 0.1) is 0 Å². The van der Waals surface area contributed by atoms with Crippen LogP contribution in [-0.2, 0) is 0 Å². The van der Waals surface area contributed by atoms with Crippen molar-refractivity contribution in [2.75, 3.05) is 0 Å². The third-order valence-electron chi connectivity index (χ3n) is 9.40. The van der Waals surface area contributed by atoms with Crippen LogP contribution in [0.25, 0.3) is 92.3 Å². The SMILES string of the molecule is c1ccc(-c2ccc(-c3ccc(-c4ncnc(-n5c6ccccc6c6c7sc8ccccc8c7ccc65)n4)cc3)c3ccccc23)cc1. The molecule has 10 rings (SSSR count). The molecule has 0 saturated heterocycles. The maximum Gasteiger partial charge on any atom is 0.238 e. The molecular formula is C43H26N4S. The number of hydrogen-bond donors (Lipinski definition) is 0. The molecule has 0 aliphatic heterocycles. The Hall–Kier alpha value is -6.17. The molecule has 0 amide bonds. The average molecular weight is 631 g/mol. The highest BCUT2D eigenvalue weighted by molar-refractivity contribution is 7.26. The summed E-state index contributed by atoms with van der Waals surface area (Å²) in [6, 6.07) is 53.9. The molecule has 0 spiro atoms. The Labute approximate surface area is 280 Å². The molecule has 0 atom stereocenters. The summed E-state index contributed by atoms with van der Waals surface area (Å²) < 4.78 is 4.76. The van der Waals surface area contributed by atoms with E-state index in [-0.39, 0.29) is 0 Å². The van der Waals surface area contributed by atoms with E-state index in [1.807, 2.05) is 11.3 Å². The second-order valence-electron chi connectivity index (χ2n) is 12.0. The van der Waals surface area contributed by atoms with Gasteiger partial charge in [0.15, 0.2) is 5.82 Å². The summed E-state index contributed by atoms with van der Waals surface area (Å²) in [6.07, 6.45) is 1.62. The van der Waals surface area contributed by atoms with Gasteiger partial charge in [-0.15, -0.1) is 11.3 Å². The van der Waals surface area contributed by atoms with Crippen LogP contribution in [-0.4, -0.2) is 19.5 Å². The molecule has 0 unspecified atom stereocenters. The van der Waals surface area contributed by atoms with E-state index in [0.717, 1.165) is 22.2 Å². The van der Waals surface area contributed by atoms with Crippen molar-refractivity contribution in [3.63, 3.8) is 0 Å². The first-order valence-corrected chi connectivity index (χ1v) is 16.8. The molecule has 224 valence electrons. The predicted octanol–water partition coefficient (Wildman–Crippen LogP) is 11.5. The molecule has 5 heteroatoms. The van der Waals surface area contributed by atoms with Crippen LogP contribution >= 0.6 is 11.3 Å². The van der Waals surface area contributed by atoms with Gasteiger partial charge in [0, 0.05) is 36.5 Å². The summed E-state index contributed by atoms with van der Waals surface area (Å²) in [6.45, 7) is 0. The highest BCUT2D eigenvalue weighted by Gasteiger charge is 2.19. The predicted molar refractivity (Wildman–Crippen MR) is 201 cm³/mol. The number of hydrogen-bond acceptors (Lipinski definition) is 4. The van der Waals surface area contributed by atoms with Crippen molar-refractivity contribution in [3.05, 3.63) is 158 Å². The van der Waals surface area contributed by atoms with E-state index in [1.165, 1.54) is 58.4 Å². The van der Waals surface area contributed by atoms with Gasteiger partial charge in [0.05, 0.1) is 11.0 Å². The number of benzene rings is 7. The molecule has 0 bridgehead atoms. The number of thiophene rings is 1. The zero-order chi connectivity index (χ0) is 31.6. The summed E-state index contributed by atoms with van der Waals surface area (Å²) in [7, 11) is 0. The minimum Gasteiger partial charge on any atom is -0.278 e. The van der Waals surface area contributed by atoms with Crippen LogP contribution in [0.3, 0.4) is 0 Å². The smallest absolute Gasteiger partial charge is 0.238 e. The largest absolute Gasteiger partial charge is 0.278 e. The Kier molecular flexibility index (Phi) is 6.01. The molecular weight excluding hydrogens is 605 g/mol. The van der Waals surface area contributed by atoms with Gasteiger partial charge < -0.3 is 0 Å². The molecule has 3 aromatic heterocycles. The van der Waals surface area contributed by atoms with Gasteiger partial charge in [0.25, 0.3) is 0 Å². The second kappa shape index (κ2) is 10.7. The summed E-state index contributed by atoms with van der Waals surface area (Å²) >= 11 is 1.85. The molecule has 10 aromatic rings. The molecule has 0 fully saturated rings. The Morgan fingerprint density at radius 1 is 0.438 bits per heavy atom. The fraction of sp³-hybridized carbons (Fsp3) is 0. The average Bonchev–Trinajstić information content (AvgIpc) is 3.71. The summed E-state index contributed by atoms with van der Waals surface area (Å²) in [5, 5.41) is 7.48. The molecule has 48 heavy (non-hydrogen) atoms. The molecule has 7 aromatic carbocycles. The van der Waals surface area contributed by atoms with E-state index in [1.54, 1.807) is 6.33 Å². The highest BCUT2D eigenvalue weighted by atomic mass is 32.1. The van der Waals surface area contributed by atoms with E-state index >= 15 is 0 Å². The lowest BCUT2D eigenvalue weighted by Gasteiger charge is -2.12. The van der Waals surface area contributed by atoms with Crippen molar-refractivity contribution < 1.29 is 0 Å². The van der Waals surface area contributed by atoms with Gasteiger partial charge in [0.1, 0.15) is 6.33 Å². The normalized spacial score (nSPS) is 11.8. The summed E-state index contributed by atoms with van der Waals surface area (Å²) in [5.41, 5.74) is 7.93. The third kappa shape index (κ3) is 4.11. The van der Waals surface area contributed by atoms with Crippen LogP contribution in [0.15, 0.2) is 158 Å². The zero-order valence-electron chi connectivity index (χ0n) is 25.7. The fourth-order valence-corrected chi connectivity index (χ4v) is 8.46. The topological polar surface area (TPSA) is 43.6 Å². The van der Waals surface area contributed by atoms with E-state index in [9.17, 15) is 0 Å². The summed E-state index contributed by atoms with van der Waals surface area (Å²) in [4.78, 5) is 14.4. The van der Waals surface area contributed by atoms with E-state index in [4.69, 9.17) is 9.97 Å². The van der Waals surface area contributed by atoms with Crippen molar-refractivity contribution >= 4 is 64.1 Å². The van der Waals surface area contributed by atoms with Crippen molar-refractivity contribution in [1.29, 1.82) is 0 Å². The monoisotopic (exact) mass is 630 g/mol. The molecule has 0 N–H and O–H groups in total. The van der Waals surface area contributed by atoms with Gasteiger partial charge in [-0.05, 0) is 51.2 Å². The van der Waals surface area contributed by atoms with Gasteiger partial charge in [0.2, 0.25) is 5.95 Å². The van der Waals surface area contributed by atoms with E-state index in [2.05, 4.69) is 161 Å². The quantitative estimate of drug-likeness (QED) is 0.194. The first-order chi connectivity index (χ1) is 23.8. The molecule has 4 nitrogen and oxygen atoms in total. The molecule has 0 saturated carbocycles. The first-order valence-electron chi connectivity index (χ1n) is 16.0. The lowest BCUT2D eigenvalue weighted by Crippen LogP contribution is -2.03. The highest BCUT2D eigenvalue weighted by Crippen LogP contribution is 2.43. The van der Waals surface area contributed by atoms with Crippen molar-refractivity contribution in [2.45, 2.75) is 0 Å². The maximum absolute atomic E-state index is 5.05. The number of fused-ring (bicyclic) bond motifs is 8. The van der Waals surface area contributed by atoms with Crippen molar-refractivity contribution in [1.82, 2.24) is 19.5 Å². The van der Waals surface area contributed by atoms with Gasteiger partial charge in [-0.3, -0.25) is 4.57 Å². The second-order valence-corrected chi connectivity index (χ2v) is 13.1. The fourth-order valence-electron chi connectivity index (χ4n) is 7.20. The van der Waals surface area contributed by atoms with Crippen LogP contribution in [0.5, 0.6) is 0 Å². The van der Waals surface area contributed by atoms with E-state index < -0.39 is 0 Å². The first kappa shape index (κ1) is 27.0. The van der Waals surface area contributed by atoms with Crippen LogP contribution < -0.4 is 0 Å². The molecule has 3 heterocycles. The minimum absolute atomic E-state index is 0.609. The summed E-state index contributed by atoms with van der Waals surface area (Å²) in [5.74, 6) is 1.25. The Bertz CT molecular complexity index is 2830. The van der Waals surface area contributed by atoms with Crippen LogP contribution in [0.1, 0.15) is 0 Å². The lowest BCUT2D eigenvalue weighted by molar-refractivity contribution is 0.947. The van der Waals surface area contributed by atoms with Gasteiger partial charge in [-0.2, -0.15) is 4.98 Å². The standard InChI is InChI=1S/C43H26N4S/c1-2-10-27(11-3-1)30-22-23-31(33-13-5-4-12-32(30)33)28-18-20-29(21-19-28)42-44-26-45-43(46-42)47-37-16-8-6-15-36(37)40-38(47)25-24-35-34-14-7-9-17-39(34)48-41(35)40/h1-26H. The maximum atomic E-state index is 5.05. The Morgan fingerprint density at radius 3 is 1.83 bits per heavy atom. The molecule has 0 radical (unpaired) electrons. The number of nitrogens with zero attached hydrogens (tertiary/aromatic N) is 4. The lowest BCUT2D eigenvalue weighted by atomic mass is 9.92. The number of para-hydroxylation sites is 1. The molecule has 0 aliphatic carbocycles. The zero-order valence-corrected chi connectivity index (χ0v) is 26.5.